The van der Waals surface area contributed by atoms with Gasteiger partial charge in [-0.15, -0.1) is 0 Å². The maximum atomic E-state index is 12.3. The van der Waals surface area contributed by atoms with Crippen LogP contribution < -0.4 is 10.6 Å². The van der Waals surface area contributed by atoms with Crippen LogP contribution in [0.1, 0.15) is 36.0 Å². The molecule has 24 heavy (non-hydrogen) atoms. The number of pyridine rings is 1. The predicted octanol–water partition coefficient (Wildman–Crippen LogP) is 4.23. The monoisotopic (exact) mass is 387 g/mol. The Hall–Kier alpha value is -2.21. The molecule has 1 saturated carbocycles. The minimum absolute atomic E-state index is 0.0433. The van der Waals surface area contributed by atoms with Crippen molar-refractivity contribution < 1.29 is 9.59 Å². The van der Waals surface area contributed by atoms with Gasteiger partial charge in [0.1, 0.15) is 5.82 Å². The number of aromatic nitrogens is 1. The van der Waals surface area contributed by atoms with Crippen molar-refractivity contribution in [1.29, 1.82) is 0 Å². The lowest BCUT2D eigenvalue weighted by molar-refractivity contribution is -0.119. The second-order valence-corrected chi connectivity index (χ2v) is 6.69. The number of halogens is 1. The van der Waals surface area contributed by atoms with Gasteiger partial charge in [0.25, 0.3) is 5.91 Å². The van der Waals surface area contributed by atoms with Crippen LogP contribution in [-0.2, 0) is 4.79 Å². The average Bonchev–Trinajstić information content (AvgIpc) is 3.10. The third kappa shape index (κ3) is 4.00. The zero-order valence-electron chi connectivity index (χ0n) is 13.1. The maximum Gasteiger partial charge on any atom is 0.257 e. The number of rotatable bonds is 4. The molecule has 0 bridgehead atoms. The smallest absolute Gasteiger partial charge is 0.257 e. The van der Waals surface area contributed by atoms with E-state index in [-0.39, 0.29) is 17.7 Å². The van der Waals surface area contributed by atoms with Gasteiger partial charge in [-0.2, -0.15) is 0 Å². The zero-order chi connectivity index (χ0) is 16.9. The second-order valence-electron chi connectivity index (χ2n) is 5.83. The van der Waals surface area contributed by atoms with Gasteiger partial charge in [-0.1, -0.05) is 25.0 Å². The molecular weight excluding hydrogens is 370 g/mol. The van der Waals surface area contributed by atoms with Crippen LogP contribution in [0, 0.1) is 5.92 Å². The molecule has 1 aromatic carbocycles. The minimum atomic E-state index is -0.255. The van der Waals surface area contributed by atoms with Gasteiger partial charge in [0.15, 0.2) is 0 Å². The van der Waals surface area contributed by atoms with Gasteiger partial charge in [-0.05, 0) is 47.0 Å². The SMILES string of the molecule is O=C(Nc1cc(NC(=O)C2CCCC2)ccn1)c1ccccc1Br. The van der Waals surface area contributed by atoms with E-state index in [1.807, 2.05) is 6.07 Å². The predicted molar refractivity (Wildman–Crippen MR) is 96.9 cm³/mol. The molecule has 0 aliphatic heterocycles. The van der Waals surface area contributed by atoms with E-state index < -0.39 is 0 Å². The molecule has 1 fully saturated rings. The van der Waals surface area contributed by atoms with Gasteiger partial charge in [0, 0.05) is 28.3 Å². The molecule has 1 heterocycles. The summed E-state index contributed by atoms with van der Waals surface area (Å²) in [6, 6.07) is 10.6. The minimum Gasteiger partial charge on any atom is -0.326 e. The molecular formula is C18H18BrN3O2. The van der Waals surface area contributed by atoms with E-state index in [4.69, 9.17) is 0 Å². The van der Waals surface area contributed by atoms with Crippen LogP contribution in [0.4, 0.5) is 11.5 Å². The first-order valence-electron chi connectivity index (χ1n) is 7.96. The molecule has 3 rings (SSSR count). The Morgan fingerprint density at radius 1 is 1.08 bits per heavy atom. The average molecular weight is 388 g/mol. The van der Waals surface area contributed by atoms with Crippen LogP contribution in [0.3, 0.4) is 0 Å². The van der Waals surface area contributed by atoms with E-state index in [9.17, 15) is 9.59 Å². The van der Waals surface area contributed by atoms with Crippen LogP contribution in [0.5, 0.6) is 0 Å². The number of nitrogens with zero attached hydrogens (tertiary/aromatic N) is 1. The highest BCUT2D eigenvalue weighted by molar-refractivity contribution is 9.10. The molecule has 1 aliphatic rings. The molecule has 2 N–H and O–H groups in total. The molecule has 0 atom stereocenters. The Morgan fingerprint density at radius 2 is 1.83 bits per heavy atom. The van der Waals surface area contributed by atoms with E-state index in [2.05, 4.69) is 31.5 Å². The zero-order valence-corrected chi connectivity index (χ0v) is 14.7. The second kappa shape index (κ2) is 7.57. The summed E-state index contributed by atoms with van der Waals surface area (Å²) < 4.78 is 0.716. The van der Waals surface area contributed by atoms with Gasteiger partial charge < -0.3 is 10.6 Å². The van der Waals surface area contributed by atoms with Gasteiger partial charge in [0.2, 0.25) is 5.91 Å². The van der Waals surface area contributed by atoms with Gasteiger partial charge in [-0.25, -0.2) is 4.98 Å². The highest BCUT2D eigenvalue weighted by Gasteiger charge is 2.22. The lowest BCUT2D eigenvalue weighted by Gasteiger charge is -2.11. The standard InChI is InChI=1S/C18H18BrN3O2/c19-15-8-4-3-7-14(15)18(24)22-16-11-13(9-10-20-16)21-17(23)12-5-1-2-6-12/h3-4,7-12H,1-2,5-6H2,(H2,20,21,22,23,24). The summed E-state index contributed by atoms with van der Waals surface area (Å²) in [6.07, 6.45) is 5.69. The van der Waals surface area contributed by atoms with Crippen LogP contribution in [0.25, 0.3) is 0 Å². The fourth-order valence-corrected chi connectivity index (χ4v) is 3.30. The first-order chi connectivity index (χ1) is 11.6. The van der Waals surface area contributed by atoms with Gasteiger partial charge in [0.05, 0.1) is 5.56 Å². The summed E-state index contributed by atoms with van der Waals surface area (Å²) >= 11 is 3.36. The molecule has 1 aliphatic carbocycles. The van der Waals surface area contributed by atoms with Crippen molar-refractivity contribution in [2.45, 2.75) is 25.7 Å². The van der Waals surface area contributed by atoms with E-state index >= 15 is 0 Å². The number of nitrogens with one attached hydrogen (secondary N) is 2. The van der Waals surface area contributed by atoms with Gasteiger partial charge in [-0.3, -0.25) is 9.59 Å². The van der Waals surface area contributed by atoms with Crippen molar-refractivity contribution in [1.82, 2.24) is 4.98 Å². The molecule has 124 valence electrons. The van der Waals surface area contributed by atoms with Crippen LogP contribution in [0.15, 0.2) is 47.1 Å². The van der Waals surface area contributed by atoms with Crippen LogP contribution in [0.2, 0.25) is 0 Å². The maximum absolute atomic E-state index is 12.3. The Balaban J connectivity index is 1.68. The van der Waals surface area contributed by atoms with Gasteiger partial charge >= 0.3 is 0 Å². The fourth-order valence-electron chi connectivity index (χ4n) is 2.84. The van der Waals surface area contributed by atoms with Crippen molar-refractivity contribution in [2.24, 2.45) is 5.92 Å². The molecule has 2 amide bonds. The number of carbonyl (C=O) groups excluding carboxylic acids is 2. The van der Waals surface area contributed by atoms with E-state index in [0.29, 0.717) is 21.5 Å². The third-order valence-electron chi connectivity index (χ3n) is 4.11. The highest BCUT2D eigenvalue weighted by Crippen LogP contribution is 2.26. The number of carbonyl (C=O) groups is 2. The third-order valence-corrected chi connectivity index (χ3v) is 4.81. The Morgan fingerprint density at radius 3 is 2.58 bits per heavy atom. The molecule has 2 aromatic rings. The summed E-state index contributed by atoms with van der Waals surface area (Å²) in [7, 11) is 0. The molecule has 1 aromatic heterocycles. The van der Waals surface area contributed by atoms with Crippen molar-refractivity contribution in [3.05, 3.63) is 52.6 Å². The van der Waals surface area contributed by atoms with E-state index in [1.54, 1.807) is 36.5 Å². The lowest BCUT2D eigenvalue weighted by atomic mass is 10.1. The summed E-state index contributed by atoms with van der Waals surface area (Å²) in [5.74, 6) is 0.285. The van der Waals surface area contributed by atoms with Crippen molar-refractivity contribution in [3.8, 4) is 0 Å². The first kappa shape index (κ1) is 16.6. The summed E-state index contributed by atoms with van der Waals surface area (Å²) in [4.78, 5) is 28.6. The molecule has 6 heteroatoms. The number of amides is 2. The Kier molecular flexibility index (Phi) is 5.25. The molecule has 0 unspecified atom stereocenters. The number of anilines is 2. The topological polar surface area (TPSA) is 71.1 Å². The van der Waals surface area contributed by atoms with Crippen molar-refractivity contribution in [2.75, 3.05) is 10.6 Å². The molecule has 0 saturated heterocycles. The normalized spacial score (nSPS) is 14.4. The molecule has 5 nitrogen and oxygen atoms in total. The number of hydrogen-bond acceptors (Lipinski definition) is 3. The van der Waals surface area contributed by atoms with E-state index in [1.165, 1.54) is 0 Å². The summed E-state index contributed by atoms with van der Waals surface area (Å²) in [6.45, 7) is 0. The lowest BCUT2D eigenvalue weighted by Crippen LogP contribution is -2.20. The fraction of sp³-hybridized carbons (Fsp3) is 0.278. The molecule has 0 radical (unpaired) electrons. The largest absolute Gasteiger partial charge is 0.326 e. The quantitative estimate of drug-likeness (QED) is 0.824. The first-order valence-corrected chi connectivity index (χ1v) is 8.75. The van der Waals surface area contributed by atoms with Crippen LogP contribution >= 0.6 is 15.9 Å². The van der Waals surface area contributed by atoms with E-state index in [0.717, 1.165) is 25.7 Å². The highest BCUT2D eigenvalue weighted by atomic mass is 79.9. The van der Waals surface area contributed by atoms with Crippen LogP contribution in [-0.4, -0.2) is 16.8 Å². The molecule has 0 spiro atoms. The van der Waals surface area contributed by atoms with Crippen molar-refractivity contribution in [3.63, 3.8) is 0 Å². The number of hydrogen-bond donors (Lipinski definition) is 2. The Bertz CT molecular complexity index is 757. The van der Waals surface area contributed by atoms with Crippen molar-refractivity contribution >= 4 is 39.2 Å². The summed E-state index contributed by atoms with van der Waals surface area (Å²) in [5, 5.41) is 5.66. The number of benzene rings is 1. The summed E-state index contributed by atoms with van der Waals surface area (Å²) in [5.41, 5.74) is 1.17. The Labute approximate surface area is 149 Å².